The van der Waals surface area contributed by atoms with Crippen LogP contribution in [0.1, 0.15) is 50.4 Å². The van der Waals surface area contributed by atoms with Crippen molar-refractivity contribution >= 4 is 0 Å². The number of nitrogens with zero attached hydrogens (tertiary/aromatic N) is 1. The molecular weight excluding hydrogens is 448 g/mol. The Morgan fingerprint density at radius 2 is 1.48 bits per heavy atom. The minimum atomic E-state index is -0.496. The zero-order valence-electron chi connectivity index (χ0n) is 13.4. The molecule has 0 N–H and O–H groups in total. The van der Waals surface area contributed by atoms with Gasteiger partial charge >= 0.3 is 0 Å². The van der Waals surface area contributed by atoms with Crippen molar-refractivity contribution in [3.63, 3.8) is 0 Å². The van der Waals surface area contributed by atoms with Gasteiger partial charge < -0.3 is 5.32 Å². The molecule has 0 saturated carbocycles. The van der Waals surface area contributed by atoms with Gasteiger partial charge in [-0.2, -0.15) is 6.07 Å². The van der Waals surface area contributed by atoms with E-state index >= 15 is 0 Å². The van der Waals surface area contributed by atoms with Crippen LogP contribution in [0.25, 0.3) is 5.32 Å². The van der Waals surface area contributed by atoms with Crippen LogP contribution in [0.15, 0.2) is 0 Å². The number of hydrogen-bond donors (Lipinski definition) is 0. The Bertz CT molecular complexity index is 518. The summed E-state index contributed by atoms with van der Waals surface area (Å²) in [4.78, 5) is 0. The van der Waals surface area contributed by atoms with Crippen molar-refractivity contribution in [1.82, 2.24) is 0 Å². The Labute approximate surface area is 140 Å². The number of piperidine rings is 1. The molecular formula is C17H23F2IrN-2. The molecule has 1 radical (unpaired) electrons. The summed E-state index contributed by atoms with van der Waals surface area (Å²) in [6.45, 7) is 11.7. The van der Waals surface area contributed by atoms with Gasteiger partial charge in [-0.05, 0) is 5.92 Å². The maximum atomic E-state index is 14.4. The van der Waals surface area contributed by atoms with Gasteiger partial charge in [0.05, 0.1) is 0 Å². The molecule has 1 aromatic rings. The molecule has 0 aliphatic carbocycles. The summed E-state index contributed by atoms with van der Waals surface area (Å²) in [5, 5.41) is 4.74. The van der Waals surface area contributed by atoms with Crippen LogP contribution in [-0.2, 0) is 20.1 Å². The molecule has 1 nitrogen and oxygen atoms in total. The number of hydrogen-bond acceptors (Lipinski definition) is 0. The molecule has 1 aliphatic rings. The van der Waals surface area contributed by atoms with Gasteiger partial charge in [0.25, 0.3) is 0 Å². The molecule has 1 aromatic carbocycles. The van der Waals surface area contributed by atoms with Gasteiger partial charge in [-0.1, -0.05) is 58.9 Å². The van der Waals surface area contributed by atoms with Crippen LogP contribution in [0.2, 0.25) is 0 Å². The molecule has 0 spiro atoms. The first kappa shape index (κ1) is 18.7. The van der Waals surface area contributed by atoms with E-state index in [4.69, 9.17) is 5.32 Å². The van der Waals surface area contributed by atoms with Gasteiger partial charge in [0.2, 0.25) is 0 Å². The van der Waals surface area contributed by atoms with E-state index < -0.39 is 11.6 Å². The Hall–Kier alpha value is -0.311. The van der Waals surface area contributed by atoms with Crippen LogP contribution in [-0.4, -0.2) is 6.04 Å². The fraction of sp³-hybridized carbons (Fsp3) is 0.647. The van der Waals surface area contributed by atoms with E-state index in [2.05, 4.69) is 33.8 Å². The van der Waals surface area contributed by atoms with Crippen molar-refractivity contribution in [3.05, 3.63) is 39.7 Å². The number of benzene rings is 1. The van der Waals surface area contributed by atoms with Gasteiger partial charge in [0, 0.05) is 31.7 Å². The third-order valence-electron chi connectivity index (χ3n) is 5.16. The maximum absolute atomic E-state index is 14.4. The molecule has 1 fully saturated rings. The zero-order valence-corrected chi connectivity index (χ0v) is 15.8. The van der Waals surface area contributed by atoms with Crippen molar-refractivity contribution in [2.24, 2.45) is 17.8 Å². The van der Waals surface area contributed by atoms with Crippen LogP contribution < -0.4 is 0 Å². The van der Waals surface area contributed by atoms with Gasteiger partial charge in [-0.25, -0.2) is 0 Å². The first-order valence-corrected chi connectivity index (χ1v) is 7.33. The maximum Gasteiger partial charge on any atom is 0.0172 e. The SMILES string of the molecule is Cc1[c-]c(C2[N-]C(C)C(C)C(C)C2C)c(F)c(C)c1F.[Ir]. The predicted octanol–water partition coefficient (Wildman–Crippen LogP) is 5.10. The largest absolute Gasteiger partial charge is 0.654 e. The summed E-state index contributed by atoms with van der Waals surface area (Å²) in [7, 11) is 0. The van der Waals surface area contributed by atoms with E-state index in [0.717, 1.165) is 0 Å². The second kappa shape index (κ2) is 6.85. The van der Waals surface area contributed by atoms with Crippen molar-refractivity contribution in [1.29, 1.82) is 0 Å². The average molecular weight is 472 g/mol. The van der Waals surface area contributed by atoms with E-state index in [1.165, 1.54) is 6.92 Å². The van der Waals surface area contributed by atoms with E-state index in [1.807, 2.05) is 0 Å². The molecule has 1 heterocycles. The second-order valence-electron chi connectivity index (χ2n) is 6.33. The summed E-state index contributed by atoms with van der Waals surface area (Å²) in [5.74, 6) is 0.181. The van der Waals surface area contributed by atoms with Crippen LogP contribution in [0.4, 0.5) is 8.78 Å². The number of halogens is 2. The van der Waals surface area contributed by atoms with Crippen molar-refractivity contribution in [2.45, 2.75) is 53.6 Å². The normalized spacial score (nSPS) is 32.7. The Morgan fingerprint density at radius 3 is 2.05 bits per heavy atom. The summed E-state index contributed by atoms with van der Waals surface area (Å²) < 4.78 is 28.2. The fourth-order valence-corrected chi connectivity index (χ4v) is 3.16. The van der Waals surface area contributed by atoms with E-state index in [1.54, 1.807) is 6.92 Å². The van der Waals surface area contributed by atoms with E-state index in [9.17, 15) is 8.78 Å². The summed E-state index contributed by atoms with van der Waals surface area (Å²) in [6, 6.07) is 2.85. The van der Waals surface area contributed by atoms with E-state index in [0.29, 0.717) is 23.0 Å². The van der Waals surface area contributed by atoms with Crippen molar-refractivity contribution < 1.29 is 28.9 Å². The fourth-order valence-electron chi connectivity index (χ4n) is 3.16. The quantitative estimate of drug-likeness (QED) is 0.506. The molecule has 0 bridgehead atoms. The third kappa shape index (κ3) is 3.23. The topological polar surface area (TPSA) is 14.1 Å². The number of aryl methyl sites for hydroxylation is 1. The average Bonchev–Trinajstić information content (AvgIpc) is 2.42. The number of rotatable bonds is 1. The minimum Gasteiger partial charge on any atom is -0.654 e. The molecule has 1 aliphatic heterocycles. The van der Waals surface area contributed by atoms with Crippen LogP contribution >= 0.6 is 0 Å². The molecule has 1 saturated heterocycles. The smallest absolute Gasteiger partial charge is 0.0172 e. The Balaban J connectivity index is 0.00000220. The molecule has 21 heavy (non-hydrogen) atoms. The molecule has 2 rings (SSSR count). The second-order valence-corrected chi connectivity index (χ2v) is 6.33. The van der Waals surface area contributed by atoms with Gasteiger partial charge in [-0.3, -0.25) is 8.78 Å². The Kier molecular flexibility index (Phi) is 6.11. The zero-order chi connectivity index (χ0) is 15.2. The van der Waals surface area contributed by atoms with Crippen LogP contribution in [0, 0.1) is 49.3 Å². The van der Waals surface area contributed by atoms with Crippen LogP contribution in [0.5, 0.6) is 0 Å². The van der Waals surface area contributed by atoms with Gasteiger partial charge in [0.1, 0.15) is 0 Å². The van der Waals surface area contributed by atoms with Gasteiger partial charge in [0.15, 0.2) is 0 Å². The summed E-state index contributed by atoms with van der Waals surface area (Å²) in [5.41, 5.74) is 0.886. The molecule has 5 unspecified atom stereocenters. The van der Waals surface area contributed by atoms with Crippen molar-refractivity contribution in [2.75, 3.05) is 0 Å². The summed E-state index contributed by atoms with van der Waals surface area (Å²) >= 11 is 0. The molecule has 4 heteroatoms. The van der Waals surface area contributed by atoms with E-state index in [-0.39, 0.29) is 43.7 Å². The monoisotopic (exact) mass is 472 g/mol. The molecule has 5 atom stereocenters. The van der Waals surface area contributed by atoms with Crippen LogP contribution in [0.3, 0.4) is 0 Å². The Morgan fingerprint density at radius 1 is 0.905 bits per heavy atom. The molecule has 0 aromatic heterocycles. The molecule has 121 valence electrons. The third-order valence-corrected chi connectivity index (χ3v) is 5.16. The van der Waals surface area contributed by atoms with Gasteiger partial charge in [-0.15, -0.1) is 23.2 Å². The van der Waals surface area contributed by atoms with Crippen molar-refractivity contribution in [3.8, 4) is 0 Å². The minimum absolute atomic E-state index is 0. The predicted molar refractivity (Wildman–Crippen MR) is 77.7 cm³/mol. The first-order valence-electron chi connectivity index (χ1n) is 7.33. The molecule has 0 amide bonds. The standard InChI is InChI=1S/C17H23F2N.Ir/c1-8-7-14(16(19)12(5)15(8)18)17-11(4)9(2)10(3)13(6)20-17;/h9-11,13,17H,1-6H3;/q-2;. The summed E-state index contributed by atoms with van der Waals surface area (Å²) in [6.07, 6.45) is 0. The first-order chi connectivity index (χ1) is 9.25.